The smallest absolute Gasteiger partial charge is 0.324 e. The van der Waals surface area contributed by atoms with Crippen LogP contribution in [0, 0.1) is 5.41 Å². The average molecular weight is 272 g/mol. The Bertz CT molecular complexity index is 340. The minimum atomic E-state index is -1.18. The predicted octanol–water partition coefficient (Wildman–Crippen LogP) is 1.85. The maximum atomic E-state index is 11.8. The monoisotopic (exact) mass is 272 g/mol. The van der Waals surface area contributed by atoms with E-state index in [2.05, 4.69) is 5.32 Å². The third-order valence-corrected chi connectivity index (χ3v) is 2.88. The highest BCUT2D eigenvalue weighted by Crippen LogP contribution is 2.19. The first-order valence-corrected chi connectivity index (χ1v) is 6.56. The number of imide groups is 1. The highest BCUT2D eigenvalue weighted by molar-refractivity contribution is 5.96. The minimum absolute atomic E-state index is 0.223. The Morgan fingerprint density at radius 3 is 2.21 bits per heavy atom. The molecular formula is C13H24N2O4. The molecule has 0 atom stereocenters. The lowest BCUT2D eigenvalue weighted by molar-refractivity contribution is -0.149. The largest absolute Gasteiger partial charge is 0.481 e. The van der Waals surface area contributed by atoms with E-state index in [1.807, 2.05) is 13.8 Å². The molecule has 0 saturated carbocycles. The number of amides is 3. The molecule has 0 rings (SSSR count). The van der Waals surface area contributed by atoms with Gasteiger partial charge in [0.15, 0.2) is 0 Å². The molecule has 19 heavy (non-hydrogen) atoms. The zero-order chi connectivity index (χ0) is 15.1. The number of rotatable bonds is 7. The van der Waals surface area contributed by atoms with Crippen molar-refractivity contribution >= 4 is 17.9 Å². The molecule has 3 amide bonds. The number of unbranched alkanes of at least 4 members (excludes halogenated alkanes) is 1. The van der Waals surface area contributed by atoms with E-state index in [4.69, 9.17) is 5.11 Å². The normalized spacial score (nSPS) is 10.9. The second kappa shape index (κ2) is 7.76. The Labute approximate surface area is 114 Å². The van der Waals surface area contributed by atoms with E-state index in [1.165, 1.54) is 18.7 Å². The molecule has 0 aromatic carbocycles. The van der Waals surface area contributed by atoms with Gasteiger partial charge < -0.3 is 10.0 Å². The second-order valence-electron chi connectivity index (χ2n) is 5.15. The Kier molecular flexibility index (Phi) is 7.11. The van der Waals surface area contributed by atoms with Crippen LogP contribution in [-0.4, -0.2) is 41.0 Å². The van der Waals surface area contributed by atoms with E-state index in [1.54, 1.807) is 0 Å². The van der Waals surface area contributed by atoms with Gasteiger partial charge in [-0.3, -0.25) is 14.9 Å². The summed E-state index contributed by atoms with van der Waals surface area (Å²) in [7, 11) is 0. The van der Waals surface area contributed by atoms with Crippen molar-refractivity contribution in [3.05, 3.63) is 0 Å². The van der Waals surface area contributed by atoms with Crippen molar-refractivity contribution in [2.45, 2.75) is 47.0 Å². The number of carbonyl (C=O) groups is 3. The Morgan fingerprint density at radius 2 is 1.79 bits per heavy atom. The number of carbonyl (C=O) groups excluding carboxylic acids is 2. The van der Waals surface area contributed by atoms with Crippen LogP contribution in [0.25, 0.3) is 0 Å². The fraction of sp³-hybridized carbons (Fsp3) is 0.769. The van der Waals surface area contributed by atoms with Crippen molar-refractivity contribution in [3.63, 3.8) is 0 Å². The molecule has 0 spiro atoms. The Hall–Kier alpha value is -1.59. The third kappa shape index (κ3) is 6.22. The molecule has 0 aromatic rings. The molecule has 0 aromatic heterocycles. The first-order valence-electron chi connectivity index (χ1n) is 6.56. The summed E-state index contributed by atoms with van der Waals surface area (Å²) in [6, 6.07) is -0.456. The highest BCUT2D eigenvalue weighted by Gasteiger charge is 2.31. The first-order chi connectivity index (χ1) is 8.74. The molecule has 0 aliphatic rings. The van der Waals surface area contributed by atoms with E-state index >= 15 is 0 Å². The lowest BCUT2D eigenvalue weighted by atomic mass is 9.89. The molecule has 110 valence electrons. The summed E-state index contributed by atoms with van der Waals surface area (Å²) in [6.45, 7) is 7.87. The zero-order valence-electron chi connectivity index (χ0n) is 12.2. The third-order valence-electron chi connectivity index (χ3n) is 2.88. The van der Waals surface area contributed by atoms with Crippen molar-refractivity contribution in [3.8, 4) is 0 Å². The van der Waals surface area contributed by atoms with Crippen molar-refractivity contribution in [2.75, 3.05) is 13.1 Å². The second-order valence-corrected chi connectivity index (χ2v) is 5.15. The fourth-order valence-corrected chi connectivity index (χ4v) is 1.47. The van der Waals surface area contributed by atoms with Crippen molar-refractivity contribution in [2.24, 2.45) is 5.41 Å². The molecule has 0 saturated heterocycles. The van der Waals surface area contributed by atoms with E-state index in [-0.39, 0.29) is 6.42 Å². The highest BCUT2D eigenvalue weighted by atomic mass is 16.4. The number of nitrogens with one attached hydrogen (secondary N) is 1. The van der Waals surface area contributed by atoms with Gasteiger partial charge in [-0.05, 0) is 27.2 Å². The summed E-state index contributed by atoms with van der Waals surface area (Å²) in [5, 5.41) is 11.2. The summed E-state index contributed by atoms with van der Waals surface area (Å²) in [5.41, 5.74) is -1.18. The van der Waals surface area contributed by atoms with Crippen molar-refractivity contribution in [1.29, 1.82) is 0 Å². The van der Waals surface area contributed by atoms with Crippen LogP contribution in [0.3, 0.4) is 0 Å². The number of hydrogen-bond donors (Lipinski definition) is 2. The molecule has 0 radical (unpaired) electrons. The molecule has 0 heterocycles. The lowest BCUT2D eigenvalue weighted by Gasteiger charge is -2.22. The SMILES string of the molecule is CCCCN(CC)C(=O)NC(=O)CC(C)(C)C(=O)O. The summed E-state index contributed by atoms with van der Waals surface area (Å²) in [6.07, 6.45) is 1.61. The molecule has 6 nitrogen and oxygen atoms in total. The lowest BCUT2D eigenvalue weighted by Crippen LogP contribution is -2.44. The predicted molar refractivity (Wildman–Crippen MR) is 71.7 cm³/mol. The average Bonchev–Trinajstić information content (AvgIpc) is 2.28. The Morgan fingerprint density at radius 1 is 1.21 bits per heavy atom. The molecular weight excluding hydrogens is 248 g/mol. The number of nitrogens with zero attached hydrogens (tertiary/aromatic N) is 1. The van der Waals surface area contributed by atoms with Gasteiger partial charge in [-0.25, -0.2) is 4.79 Å². The summed E-state index contributed by atoms with van der Waals surface area (Å²) in [4.78, 5) is 35.9. The van der Waals surface area contributed by atoms with Crippen LogP contribution in [-0.2, 0) is 9.59 Å². The number of carboxylic acid groups (broad SMARTS) is 1. The molecule has 0 fully saturated rings. The van der Waals surface area contributed by atoms with Crippen molar-refractivity contribution < 1.29 is 19.5 Å². The number of aliphatic carboxylic acids is 1. The van der Waals surface area contributed by atoms with Gasteiger partial charge in [-0.1, -0.05) is 13.3 Å². The fourth-order valence-electron chi connectivity index (χ4n) is 1.47. The molecule has 0 aliphatic carbocycles. The van der Waals surface area contributed by atoms with Gasteiger partial charge in [0.1, 0.15) is 0 Å². The summed E-state index contributed by atoms with van der Waals surface area (Å²) >= 11 is 0. The minimum Gasteiger partial charge on any atom is -0.481 e. The van der Waals surface area contributed by atoms with E-state index in [0.29, 0.717) is 13.1 Å². The van der Waals surface area contributed by atoms with Crippen LogP contribution in [0.2, 0.25) is 0 Å². The summed E-state index contributed by atoms with van der Waals surface area (Å²) in [5.74, 6) is -1.62. The molecule has 0 unspecified atom stereocenters. The quantitative estimate of drug-likeness (QED) is 0.740. The van der Waals surface area contributed by atoms with Gasteiger partial charge in [0.05, 0.1) is 5.41 Å². The number of hydrogen-bond acceptors (Lipinski definition) is 3. The topological polar surface area (TPSA) is 86.7 Å². The molecule has 0 bridgehead atoms. The van der Waals surface area contributed by atoms with Gasteiger partial charge in [0.25, 0.3) is 0 Å². The van der Waals surface area contributed by atoms with Gasteiger partial charge in [-0.15, -0.1) is 0 Å². The van der Waals surface area contributed by atoms with Gasteiger partial charge in [-0.2, -0.15) is 0 Å². The standard InChI is InChI=1S/C13H24N2O4/c1-5-7-8-15(6-2)12(19)14-10(16)9-13(3,4)11(17)18/h5-9H2,1-4H3,(H,17,18)(H,14,16,19). The molecule has 0 aliphatic heterocycles. The molecule has 6 heteroatoms. The van der Waals surface area contributed by atoms with Gasteiger partial charge in [0.2, 0.25) is 5.91 Å². The van der Waals surface area contributed by atoms with Crippen LogP contribution in [0.5, 0.6) is 0 Å². The van der Waals surface area contributed by atoms with Gasteiger partial charge >= 0.3 is 12.0 Å². The van der Waals surface area contributed by atoms with Crippen LogP contribution < -0.4 is 5.32 Å². The van der Waals surface area contributed by atoms with Crippen LogP contribution in [0.15, 0.2) is 0 Å². The zero-order valence-corrected chi connectivity index (χ0v) is 12.2. The van der Waals surface area contributed by atoms with Crippen LogP contribution >= 0.6 is 0 Å². The Balaban J connectivity index is 4.39. The summed E-state index contributed by atoms with van der Waals surface area (Å²) < 4.78 is 0. The molecule has 2 N–H and O–H groups in total. The van der Waals surface area contributed by atoms with E-state index in [9.17, 15) is 14.4 Å². The van der Waals surface area contributed by atoms with Crippen LogP contribution in [0.1, 0.15) is 47.0 Å². The first kappa shape index (κ1) is 17.4. The van der Waals surface area contributed by atoms with Crippen molar-refractivity contribution in [1.82, 2.24) is 10.2 Å². The van der Waals surface area contributed by atoms with E-state index < -0.39 is 23.3 Å². The maximum Gasteiger partial charge on any atom is 0.324 e. The number of carboxylic acids is 1. The maximum absolute atomic E-state index is 11.8. The van der Waals surface area contributed by atoms with Gasteiger partial charge in [0, 0.05) is 19.5 Å². The van der Waals surface area contributed by atoms with Crippen LogP contribution in [0.4, 0.5) is 4.79 Å². The number of urea groups is 1. The van der Waals surface area contributed by atoms with E-state index in [0.717, 1.165) is 12.8 Å².